The molecule has 0 aromatic heterocycles. The number of unbranched alkanes of at least 4 members (excludes halogenated alkanes) is 1. The summed E-state index contributed by atoms with van der Waals surface area (Å²) in [6, 6.07) is 6.12. The number of rotatable bonds is 7. The lowest BCUT2D eigenvalue weighted by atomic mass is 10.2. The molecule has 0 spiro atoms. The zero-order chi connectivity index (χ0) is 14.3. The van der Waals surface area contributed by atoms with Crippen molar-refractivity contribution in [3.63, 3.8) is 0 Å². The molecule has 0 aliphatic heterocycles. The molecule has 0 fully saturated rings. The van der Waals surface area contributed by atoms with E-state index >= 15 is 0 Å². The van der Waals surface area contributed by atoms with Gasteiger partial charge in [0.2, 0.25) is 15.9 Å². The molecular formula is C12H17ClN2O3S. The molecule has 1 aromatic carbocycles. The molecule has 0 saturated heterocycles. The Morgan fingerprint density at radius 3 is 2.68 bits per heavy atom. The molecule has 1 rings (SSSR count). The maximum absolute atomic E-state index is 11.6. The van der Waals surface area contributed by atoms with Crippen molar-refractivity contribution in [1.29, 1.82) is 0 Å². The van der Waals surface area contributed by atoms with Gasteiger partial charge in [-0.1, -0.05) is 6.07 Å². The summed E-state index contributed by atoms with van der Waals surface area (Å²) in [5.74, 6) is 0.382. The Kier molecular flexibility index (Phi) is 6.27. The van der Waals surface area contributed by atoms with Gasteiger partial charge >= 0.3 is 0 Å². The minimum Gasteiger partial charge on any atom is -0.326 e. The molecule has 5 nitrogen and oxygen atoms in total. The number of benzene rings is 1. The number of hydrogen-bond donors (Lipinski definition) is 2. The van der Waals surface area contributed by atoms with E-state index in [9.17, 15) is 13.2 Å². The summed E-state index contributed by atoms with van der Waals surface area (Å²) in [6.45, 7) is 0. The van der Waals surface area contributed by atoms with Crippen molar-refractivity contribution in [2.24, 2.45) is 0 Å². The fraction of sp³-hybridized carbons (Fsp3) is 0.417. The Hall–Kier alpha value is -1.11. The minimum atomic E-state index is -3.50. The first-order chi connectivity index (χ1) is 8.99. The fourth-order valence-electron chi connectivity index (χ4n) is 1.46. The highest BCUT2D eigenvalue weighted by Crippen LogP contribution is 2.15. The normalized spacial score (nSPS) is 11.3. The van der Waals surface area contributed by atoms with Crippen LogP contribution in [0.5, 0.6) is 0 Å². The smallest absolute Gasteiger partial charge is 0.240 e. The molecule has 0 heterocycles. The van der Waals surface area contributed by atoms with Gasteiger partial charge in [-0.15, -0.1) is 11.6 Å². The number of carbonyl (C=O) groups excluding carboxylic acids is 1. The molecule has 0 bridgehead atoms. The zero-order valence-electron chi connectivity index (χ0n) is 10.6. The molecule has 1 amide bonds. The molecule has 0 aliphatic rings. The van der Waals surface area contributed by atoms with Gasteiger partial charge in [-0.05, 0) is 38.1 Å². The quantitative estimate of drug-likeness (QED) is 0.597. The van der Waals surface area contributed by atoms with Crippen LogP contribution in [0.25, 0.3) is 0 Å². The molecule has 0 aliphatic carbocycles. The van der Waals surface area contributed by atoms with E-state index in [4.69, 9.17) is 11.6 Å². The first kappa shape index (κ1) is 15.9. The monoisotopic (exact) mass is 304 g/mol. The lowest BCUT2D eigenvalue weighted by Gasteiger charge is -2.07. The van der Waals surface area contributed by atoms with Crippen LogP contribution in [0.15, 0.2) is 29.2 Å². The van der Waals surface area contributed by atoms with Crippen molar-refractivity contribution >= 4 is 33.2 Å². The first-order valence-corrected chi connectivity index (χ1v) is 7.91. The molecule has 0 unspecified atom stereocenters. The van der Waals surface area contributed by atoms with Crippen molar-refractivity contribution < 1.29 is 13.2 Å². The zero-order valence-corrected chi connectivity index (χ0v) is 12.2. The van der Waals surface area contributed by atoms with Gasteiger partial charge in [-0.25, -0.2) is 13.1 Å². The molecule has 7 heteroatoms. The predicted octanol–water partition coefficient (Wildman–Crippen LogP) is 1.94. The molecule has 2 N–H and O–H groups in total. The highest BCUT2D eigenvalue weighted by molar-refractivity contribution is 7.89. The second-order valence-corrected chi connectivity index (χ2v) is 6.19. The maximum Gasteiger partial charge on any atom is 0.240 e. The number of nitrogens with one attached hydrogen (secondary N) is 2. The highest BCUT2D eigenvalue weighted by Gasteiger charge is 2.12. The van der Waals surface area contributed by atoms with Gasteiger partial charge in [0.15, 0.2) is 0 Å². The van der Waals surface area contributed by atoms with Crippen LogP contribution in [0, 0.1) is 0 Å². The van der Waals surface area contributed by atoms with Gasteiger partial charge in [0.25, 0.3) is 0 Å². The Balaban J connectivity index is 2.70. The molecule has 19 heavy (non-hydrogen) atoms. The van der Waals surface area contributed by atoms with Crippen LogP contribution in [-0.2, 0) is 14.8 Å². The lowest BCUT2D eigenvalue weighted by molar-refractivity contribution is -0.116. The third-order valence-corrected chi connectivity index (χ3v) is 4.16. The number of sulfonamides is 1. The Bertz CT molecular complexity index is 532. The van der Waals surface area contributed by atoms with Crippen LogP contribution < -0.4 is 10.0 Å². The first-order valence-electron chi connectivity index (χ1n) is 5.89. The summed E-state index contributed by atoms with van der Waals surface area (Å²) in [6.07, 6.45) is 1.86. The Morgan fingerprint density at radius 2 is 2.05 bits per heavy atom. The summed E-state index contributed by atoms with van der Waals surface area (Å²) in [5.41, 5.74) is 0.465. The summed E-state index contributed by atoms with van der Waals surface area (Å²) >= 11 is 5.53. The Labute approximate surface area is 118 Å². The lowest BCUT2D eigenvalue weighted by Crippen LogP contribution is -2.19. The Morgan fingerprint density at radius 1 is 1.32 bits per heavy atom. The van der Waals surface area contributed by atoms with Crippen molar-refractivity contribution in [2.45, 2.75) is 24.2 Å². The number of carbonyl (C=O) groups is 1. The number of anilines is 1. The van der Waals surface area contributed by atoms with Crippen molar-refractivity contribution in [1.82, 2.24) is 4.72 Å². The number of amides is 1. The van der Waals surface area contributed by atoms with E-state index in [1.54, 1.807) is 12.1 Å². The van der Waals surface area contributed by atoms with E-state index in [2.05, 4.69) is 10.0 Å². The second-order valence-electron chi connectivity index (χ2n) is 3.93. The van der Waals surface area contributed by atoms with E-state index in [1.165, 1.54) is 19.2 Å². The molecule has 0 saturated carbocycles. The van der Waals surface area contributed by atoms with Gasteiger partial charge in [-0.2, -0.15) is 0 Å². The average molecular weight is 305 g/mol. The van der Waals surface area contributed by atoms with E-state index in [0.29, 0.717) is 24.4 Å². The average Bonchev–Trinajstić information content (AvgIpc) is 2.39. The summed E-state index contributed by atoms with van der Waals surface area (Å²) < 4.78 is 25.4. The second kappa shape index (κ2) is 7.47. The van der Waals surface area contributed by atoms with Gasteiger partial charge in [0, 0.05) is 18.0 Å². The van der Waals surface area contributed by atoms with Gasteiger partial charge in [0.1, 0.15) is 0 Å². The van der Waals surface area contributed by atoms with Crippen molar-refractivity contribution in [3.05, 3.63) is 24.3 Å². The number of halogens is 1. The van der Waals surface area contributed by atoms with Gasteiger partial charge in [-0.3, -0.25) is 4.79 Å². The van der Waals surface area contributed by atoms with E-state index in [0.717, 1.165) is 6.42 Å². The van der Waals surface area contributed by atoms with Crippen LogP contribution in [-0.4, -0.2) is 27.3 Å². The topological polar surface area (TPSA) is 75.3 Å². The van der Waals surface area contributed by atoms with Gasteiger partial charge < -0.3 is 5.32 Å². The summed E-state index contributed by atoms with van der Waals surface area (Å²) in [4.78, 5) is 11.7. The SMILES string of the molecule is CNS(=O)(=O)c1cccc(NC(=O)CCCCCl)c1. The van der Waals surface area contributed by atoms with Crippen LogP contribution in [0.4, 0.5) is 5.69 Å². The van der Waals surface area contributed by atoms with E-state index in [-0.39, 0.29) is 10.8 Å². The van der Waals surface area contributed by atoms with E-state index in [1.807, 2.05) is 0 Å². The largest absolute Gasteiger partial charge is 0.326 e. The van der Waals surface area contributed by atoms with Crippen LogP contribution in [0.2, 0.25) is 0 Å². The van der Waals surface area contributed by atoms with E-state index < -0.39 is 10.0 Å². The van der Waals surface area contributed by atoms with Gasteiger partial charge in [0.05, 0.1) is 4.90 Å². The van der Waals surface area contributed by atoms with Crippen LogP contribution in [0.1, 0.15) is 19.3 Å². The third-order valence-electron chi connectivity index (χ3n) is 2.48. The van der Waals surface area contributed by atoms with Crippen molar-refractivity contribution in [3.8, 4) is 0 Å². The third kappa shape index (κ3) is 5.18. The fourth-order valence-corrected chi connectivity index (χ4v) is 2.43. The molecular weight excluding hydrogens is 288 g/mol. The summed E-state index contributed by atoms with van der Waals surface area (Å²) in [7, 11) is -2.16. The molecule has 106 valence electrons. The summed E-state index contributed by atoms with van der Waals surface area (Å²) in [5, 5.41) is 2.66. The number of alkyl halides is 1. The minimum absolute atomic E-state index is 0.119. The molecule has 0 radical (unpaired) electrons. The molecule has 1 aromatic rings. The highest BCUT2D eigenvalue weighted by atomic mass is 35.5. The van der Waals surface area contributed by atoms with Crippen LogP contribution >= 0.6 is 11.6 Å². The van der Waals surface area contributed by atoms with Crippen LogP contribution in [0.3, 0.4) is 0 Å². The predicted molar refractivity (Wildman–Crippen MR) is 75.9 cm³/mol. The maximum atomic E-state index is 11.6. The standard InChI is InChI=1S/C12H17ClN2O3S/c1-14-19(17,18)11-6-4-5-10(9-11)15-12(16)7-2-3-8-13/h4-6,9,14H,2-3,7-8H2,1H3,(H,15,16). The van der Waals surface area contributed by atoms with Crippen molar-refractivity contribution in [2.75, 3.05) is 18.2 Å². The molecule has 0 atom stereocenters. The number of hydrogen-bond acceptors (Lipinski definition) is 3.